The van der Waals surface area contributed by atoms with Crippen molar-refractivity contribution in [3.05, 3.63) is 12.7 Å². The molecule has 0 saturated heterocycles. The molecule has 1 aliphatic carbocycles. The molecule has 0 aliphatic heterocycles. The highest BCUT2D eigenvalue weighted by Crippen LogP contribution is 2.28. The quantitative estimate of drug-likeness (QED) is 0.495. The number of esters is 1. The van der Waals surface area contributed by atoms with Crippen LogP contribution in [-0.2, 0) is 9.53 Å². The van der Waals surface area contributed by atoms with E-state index < -0.39 is 0 Å². The Balaban J connectivity index is 2.43. The van der Waals surface area contributed by atoms with E-state index in [0.29, 0.717) is 5.92 Å². The van der Waals surface area contributed by atoms with Crippen LogP contribution >= 0.6 is 0 Å². The first-order valence-corrected chi connectivity index (χ1v) is 5.04. The number of hydrogen-bond donors (Lipinski definition) is 0. The molecule has 0 aromatic heterocycles. The van der Waals surface area contributed by atoms with Gasteiger partial charge in [0.1, 0.15) is 6.10 Å². The molecule has 1 fully saturated rings. The van der Waals surface area contributed by atoms with Gasteiger partial charge < -0.3 is 4.74 Å². The fourth-order valence-electron chi connectivity index (χ4n) is 1.99. The Hall–Kier alpha value is -0.790. The van der Waals surface area contributed by atoms with Crippen molar-refractivity contribution in [2.75, 3.05) is 0 Å². The van der Waals surface area contributed by atoms with Gasteiger partial charge in [0.25, 0.3) is 0 Å². The van der Waals surface area contributed by atoms with Gasteiger partial charge in [-0.2, -0.15) is 0 Å². The maximum atomic E-state index is 10.8. The van der Waals surface area contributed by atoms with Crippen LogP contribution in [0.15, 0.2) is 12.7 Å². The van der Waals surface area contributed by atoms with Crippen molar-refractivity contribution < 1.29 is 9.53 Å². The molecule has 0 radical (unpaired) electrons. The largest absolute Gasteiger partial charge is 0.458 e. The maximum absolute atomic E-state index is 10.8. The minimum Gasteiger partial charge on any atom is -0.458 e. The third-order valence-corrected chi connectivity index (χ3v) is 2.65. The molecule has 2 heteroatoms. The molecule has 0 bridgehead atoms. The third kappa shape index (κ3) is 3.21. The summed E-state index contributed by atoms with van der Waals surface area (Å²) in [4.78, 5) is 10.8. The molecule has 1 saturated carbocycles. The van der Waals surface area contributed by atoms with Gasteiger partial charge >= 0.3 is 5.97 Å². The molecule has 74 valence electrons. The van der Waals surface area contributed by atoms with E-state index in [1.54, 1.807) is 6.08 Å². The molecule has 0 amide bonds. The number of ether oxygens (including phenoxy) is 1. The standard InChI is InChI=1S/C11H18O2/c1-3-11(13-9(2)12)10-7-5-4-6-8-10/h3,10-11H,1,4-8H2,2H3. The van der Waals surface area contributed by atoms with Gasteiger partial charge in [-0.05, 0) is 18.8 Å². The third-order valence-electron chi connectivity index (χ3n) is 2.65. The maximum Gasteiger partial charge on any atom is 0.303 e. The molecule has 1 rings (SSSR count). The van der Waals surface area contributed by atoms with E-state index in [1.165, 1.54) is 39.0 Å². The van der Waals surface area contributed by atoms with Crippen molar-refractivity contribution in [2.45, 2.75) is 45.1 Å². The lowest BCUT2D eigenvalue weighted by Crippen LogP contribution is -2.25. The molecule has 0 N–H and O–H groups in total. The highest BCUT2D eigenvalue weighted by atomic mass is 16.5. The normalized spacial score (nSPS) is 20.7. The Morgan fingerprint density at radius 3 is 2.54 bits per heavy atom. The van der Waals surface area contributed by atoms with Crippen LogP contribution in [0.4, 0.5) is 0 Å². The van der Waals surface area contributed by atoms with Gasteiger partial charge in [-0.25, -0.2) is 0 Å². The summed E-state index contributed by atoms with van der Waals surface area (Å²) in [6.07, 6.45) is 7.89. The molecular weight excluding hydrogens is 164 g/mol. The summed E-state index contributed by atoms with van der Waals surface area (Å²) in [5.41, 5.74) is 0. The van der Waals surface area contributed by atoms with Crippen LogP contribution in [0.5, 0.6) is 0 Å². The van der Waals surface area contributed by atoms with Crippen LogP contribution in [0.2, 0.25) is 0 Å². The first kappa shape index (κ1) is 10.3. The fraction of sp³-hybridized carbons (Fsp3) is 0.727. The van der Waals surface area contributed by atoms with Gasteiger partial charge in [0.05, 0.1) is 0 Å². The summed E-state index contributed by atoms with van der Waals surface area (Å²) in [6.45, 7) is 5.17. The molecule has 0 aromatic rings. The van der Waals surface area contributed by atoms with Gasteiger partial charge in [-0.1, -0.05) is 31.9 Å². The SMILES string of the molecule is C=CC(OC(C)=O)C1CCCCC1. The average molecular weight is 182 g/mol. The molecule has 13 heavy (non-hydrogen) atoms. The van der Waals surface area contributed by atoms with Crippen molar-refractivity contribution in [2.24, 2.45) is 5.92 Å². The predicted octanol–water partition coefficient (Wildman–Crippen LogP) is 2.68. The van der Waals surface area contributed by atoms with E-state index in [2.05, 4.69) is 6.58 Å². The van der Waals surface area contributed by atoms with E-state index in [-0.39, 0.29) is 12.1 Å². The second kappa shape index (κ2) is 5.05. The van der Waals surface area contributed by atoms with E-state index in [0.717, 1.165) is 0 Å². The summed E-state index contributed by atoms with van der Waals surface area (Å²) in [7, 11) is 0. The van der Waals surface area contributed by atoms with Crippen LogP contribution in [0.25, 0.3) is 0 Å². The second-order valence-electron chi connectivity index (χ2n) is 3.71. The van der Waals surface area contributed by atoms with Crippen LogP contribution in [-0.4, -0.2) is 12.1 Å². The zero-order chi connectivity index (χ0) is 9.68. The molecule has 1 aliphatic rings. The smallest absolute Gasteiger partial charge is 0.303 e. The van der Waals surface area contributed by atoms with E-state index in [9.17, 15) is 4.79 Å². The van der Waals surface area contributed by atoms with Crippen LogP contribution < -0.4 is 0 Å². The Morgan fingerprint density at radius 1 is 1.46 bits per heavy atom. The Morgan fingerprint density at radius 2 is 2.08 bits per heavy atom. The molecular formula is C11H18O2. The Kier molecular flexibility index (Phi) is 4.00. The minimum atomic E-state index is -0.199. The predicted molar refractivity (Wildman–Crippen MR) is 52.3 cm³/mol. The number of carbonyl (C=O) groups is 1. The van der Waals surface area contributed by atoms with Crippen molar-refractivity contribution >= 4 is 5.97 Å². The minimum absolute atomic E-state index is 0.0576. The number of carbonyl (C=O) groups excluding carboxylic acids is 1. The number of rotatable bonds is 3. The van der Waals surface area contributed by atoms with Crippen molar-refractivity contribution in [3.63, 3.8) is 0 Å². The van der Waals surface area contributed by atoms with Crippen molar-refractivity contribution in [1.29, 1.82) is 0 Å². The monoisotopic (exact) mass is 182 g/mol. The first-order chi connectivity index (χ1) is 6.24. The highest BCUT2D eigenvalue weighted by molar-refractivity contribution is 5.66. The van der Waals surface area contributed by atoms with E-state index in [1.807, 2.05) is 0 Å². The van der Waals surface area contributed by atoms with Crippen LogP contribution in [0.1, 0.15) is 39.0 Å². The second-order valence-corrected chi connectivity index (χ2v) is 3.71. The van der Waals surface area contributed by atoms with E-state index in [4.69, 9.17) is 4.74 Å². The van der Waals surface area contributed by atoms with Gasteiger partial charge in [-0.3, -0.25) is 4.79 Å². The summed E-state index contributed by atoms with van der Waals surface area (Å²) < 4.78 is 5.18. The fourth-order valence-corrected chi connectivity index (χ4v) is 1.99. The zero-order valence-corrected chi connectivity index (χ0v) is 8.29. The lowest BCUT2D eigenvalue weighted by molar-refractivity contribution is -0.146. The van der Waals surface area contributed by atoms with Crippen molar-refractivity contribution in [3.8, 4) is 0 Å². The zero-order valence-electron chi connectivity index (χ0n) is 8.29. The Labute approximate surface area is 80.0 Å². The number of hydrogen-bond acceptors (Lipinski definition) is 2. The van der Waals surface area contributed by atoms with Gasteiger partial charge in [0.2, 0.25) is 0 Å². The van der Waals surface area contributed by atoms with Crippen LogP contribution in [0.3, 0.4) is 0 Å². The molecule has 1 atom stereocenters. The molecule has 0 heterocycles. The summed E-state index contributed by atoms with van der Waals surface area (Å²) >= 11 is 0. The topological polar surface area (TPSA) is 26.3 Å². The molecule has 0 spiro atoms. The van der Waals surface area contributed by atoms with Crippen LogP contribution in [0, 0.1) is 5.92 Å². The van der Waals surface area contributed by atoms with Crippen molar-refractivity contribution in [1.82, 2.24) is 0 Å². The van der Waals surface area contributed by atoms with Gasteiger partial charge in [-0.15, -0.1) is 0 Å². The molecule has 1 unspecified atom stereocenters. The van der Waals surface area contributed by atoms with E-state index >= 15 is 0 Å². The summed E-state index contributed by atoms with van der Waals surface area (Å²) in [5, 5.41) is 0. The average Bonchev–Trinajstić information content (AvgIpc) is 2.15. The summed E-state index contributed by atoms with van der Waals surface area (Å²) in [5.74, 6) is 0.311. The Bertz CT molecular complexity index is 181. The van der Waals surface area contributed by atoms with Gasteiger partial charge in [0.15, 0.2) is 0 Å². The molecule has 0 aromatic carbocycles. The van der Waals surface area contributed by atoms with Gasteiger partial charge in [0, 0.05) is 6.92 Å². The summed E-state index contributed by atoms with van der Waals surface area (Å²) in [6, 6.07) is 0. The first-order valence-electron chi connectivity index (χ1n) is 5.04. The molecule has 2 nitrogen and oxygen atoms in total. The highest BCUT2D eigenvalue weighted by Gasteiger charge is 2.23. The lowest BCUT2D eigenvalue weighted by atomic mass is 9.85. The lowest BCUT2D eigenvalue weighted by Gasteiger charge is -2.27.